The molecule has 0 heterocycles. The summed E-state index contributed by atoms with van der Waals surface area (Å²) in [6, 6.07) is 8.30. The van der Waals surface area contributed by atoms with Crippen LogP contribution in [0.25, 0.3) is 0 Å². The molecule has 0 aliphatic carbocycles. The second kappa shape index (κ2) is 11.4. The number of carboxylic acids is 1. The number of carbonyl (C=O) groups is 1. The molecular formula is C10H15AgO2-3. The summed E-state index contributed by atoms with van der Waals surface area (Å²) in [6.07, 6.45) is 0. The van der Waals surface area contributed by atoms with Crippen molar-refractivity contribution in [3.8, 4) is 0 Å². The zero-order valence-corrected chi connectivity index (χ0v) is 9.53. The molecule has 0 saturated carbocycles. The smallest absolute Gasteiger partial charge is 0.335 e. The van der Waals surface area contributed by atoms with Gasteiger partial charge in [0.05, 0.1) is 5.56 Å². The van der Waals surface area contributed by atoms with Crippen molar-refractivity contribution in [2.24, 2.45) is 0 Å². The minimum atomic E-state index is -0.879. The van der Waals surface area contributed by atoms with E-state index in [-0.39, 0.29) is 44.7 Å². The van der Waals surface area contributed by atoms with E-state index in [2.05, 4.69) is 0 Å². The Morgan fingerprint density at radius 1 is 1.00 bits per heavy atom. The van der Waals surface area contributed by atoms with E-state index in [0.717, 1.165) is 0 Å². The van der Waals surface area contributed by atoms with Gasteiger partial charge >= 0.3 is 5.97 Å². The third-order valence-electron chi connectivity index (χ3n) is 1.02. The molecule has 1 radical (unpaired) electrons. The van der Waals surface area contributed by atoms with Crippen molar-refractivity contribution in [2.75, 3.05) is 0 Å². The molecule has 13 heavy (non-hydrogen) atoms. The summed E-state index contributed by atoms with van der Waals surface area (Å²) in [5.74, 6) is -0.879. The molecule has 0 aliphatic heterocycles. The Kier molecular flexibility index (Phi) is 20.1. The van der Waals surface area contributed by atoms with E-state index >= 15 is 0 Å². The first-order chi connectivity index (χ1) is 4.30. The summed E-state index contributed by atoms with van der Waals surface area (Å²) < 4.78 is 0. The van der Waals surface area contributed by atoms with Gasteiger partial charge in [0.2, 0.25) is 0 Å². The fraction of sp³-hybridized carbons (Fsp3) is 0. The van der Waals surface area contributed by atoms with E-state index < -0.39 is 5.97 Å². The zero-order chi connectivity index (χ0) is 6.69. The largest absolute Gasteiger partial charge is 0.478 e. The molecule has 0 bridgehead atoms. The number of hydrogen-bond donors (Lipinski definition) is 1. The number of carboxylic acid groups (broad SMARTS) is 1. The van der Waals surface area contributed by atoms with Gasteiger partial charge in [-0.3, -0.25) is 0 Å². The predicted molar refractivity (Wildman–Crippen MR) is 52.6 cm³/mol. The van der Waals surface area contributed by atoms with Crippen molar-refractivity contribution >= 4 is 5.97 Å². The average Bonchev–Trinajstić information content (AvgIpc) is 1.90. The maximum Gasteiger partial charge on any atom is 0.335 e. The molecule has 0 unspecified atom stereocenters. The van der Waals surface area contributed by atoms with Gasteiger partial charge in [-0.1, -0.05) is 18.2 Å². The summed E-state index contributed by atoms with van der Waals surface area (Å²) in [6.45, 7) is 0. The van der Waals surface area contributed by atoms with Gasteiger partial charge in [-0.2, -0.15) is 0 Å². The third-order valence-corrected chi connectivity index (χ3v) is 1.02. The van der Waals surface area contributed by atoms with Gasteiger partial charge in [0.25, 0.3) is 0 Å². The summed E-state index contributed by atoms with van der Waals surface area (Å²) in [5, 5.41) is 8.38. The van der Waals surface area contributed by atoms with Crippen LogP contribution < -0.4 is 0 Å². The van der Waals surface area contributed by atoms with Crippen LogP contribution >= 0.6 is 0 Å². The molecule has 1 aromatic carbocycles. The van der Waals surface area contributed by atoms with Crippen LogP contribution in [0, 0.1) is 22.3 Å². The molecule has 0 fully saturated rings. The van der Waals surface area contributed by atoms with Crippen LogP contribution in [0.15, 0.2) is 30.3 Å². The second-order valence-electron chi connectivity index (χ2n) is 1.67. The topological polar surface area (TPSA) is 37.3 Å². The first-order valence-corrected chi connectivity index (χ1v) is 2.59. The Bertz CT molecular complexity index is 209. The Labute approximate surface area is 96.5 Å². The Balaban J connectivity index is -0.000000101. The summed E-state index contributed by atoms with van der Waals surface area (Å²) in [7, 11) is 0. The van der Waals surface area contributed by atoms with Crippen LogP contribution in [0.2, 0.25) is 0 Å². The molecular weight excluding hydrogens is 260 g/mol. The number of benzene rings is 1. The van der Waals surface area contributed by atoms with E-state index in [0.29, 0.717) is 5.56 Å². The monoisotopic (exact) mass is 274 g/mol. The van der Waals surface area contributed by atoms with Gasteiger partial charge in [0, 0.05) is 22.4 Å². The number of hydrogen-bond acceptors (Lipinski definition) is 1. The fourth-order valence-electron chi connectivity index (χ4n) is 0.581. The van der Waals surface area contributed by atoms with Gasteiger partial charge < -0.3 is 27.4 Å². The first-order valence-electron chi connectivity index (χ1n) is 2.59. The number of rotatable bonds is 1. The molecule has 2 nitrogen and oxygen atoms in total. The van der Waals surface area contributed by atoms with Gasteiger partial charge in [-0.25, -0.2) is 4.79 Å². The minimum Gasteiger partial charge on any atom is -0.478 e. The van der Waals surface area contributed by atoms with Crippen LogP contribution in [-0.2, 0) is 22.4 Å². The van der Waals surface area contributed by atoms with Gasteiger partial charge in [0.15, 0.2) is 0 Å². The molecule has 0 aliphatic rings. The Morgan fingerprint density at radius 3 is 1.62 bits per heavy atom. The van der Waals surface area contributed by atoms with Crippen LogP contribution in [-0.4, -0.2) is 11.1 Å². The maximum atomic E-state index is 10.2. The molecule has 0 amide bonds. The average molecular weight is 275 g/mol. The molecule has 1 rings (SSSR count). The molecule has 1 N–H and O–H groups in total. The molecule has 0 aromatic heterocycles. The van der Waals surface area contributed by atoms with Crippen molar-refractivity contribution in [3.63, 3.8) is 0 Å². The third kappa shape index (κ3) is 7.78. The zero-order valence-electron chi connectivity index (χ0n) is 8.04. The maximum absolute atomic E-state index is 10.2. The fourth-order valence-corrected chi connectivity index (χ4v) is 0.581. The van der Waals surface area contributed by atoms with E-state index in [1.807, 2.05) is 0 Å². The first kappa shape index (κ1) is 22.9. The number of aromatic carboxylic acids is 1. The molecule has 3 heteroatoms. The molecule has 81 valence electrons. The van der Waals surface area contributed by atoms with Crippen molar-refractivity contribution in [2.45, 2.75) is 0 Å². The summed E-state index contributed by atoms with van der Waals surface area (Å²) in [5.41, 5.74) is 0.331. The van der Waals surface area contributed by atoms with Crippen molar-refractivity contribution in [1.82, 2.24) is 0 Å². The summed E-state index contributed by atoms with van der Waals surface area (Å²) in [4.78, 5) is 10.2. The Hall–Kier alpha value is -0.570. The van der Waals surface area contributed by atoms with Gasteiger partial charge in [-0.15, -0.1) is 0 Å². The summed E-state index contributed by atoms with van der Waals surface area (Å²) >= 11 is 0. The van der Waals surface area contributed by atoms with Crippen LogP contribution in [0.1, 0.15) is 10.4 Å². The van der Waals surface area contributed by atoms with Gasteiger partial charge in [-0.05, 0) is 12.1 Å². The van der Waals surface area contributed by atoms with Crippen molar-refractivity contribution in [1.29, 1.82) is 0 Å². The molecule has 0 spiro atoms. The van der Waals surface area contributed by atoms with Crippen molar-refractivity contribution in [3.05, 3.63) is 58.2 Å². The van der Waals surface area contributed by atoms with E-state index in [1.165, 1.54) is 0 Å². The van der Waals surface area contributed by atoms with E-state index in [4.69, 9.17) is 5.11 Å². The predicted octanol–water partition coefficient (Wildman–Crippen LogP) is 2.73. The van der Waals surface area contributed by atoms with Crippen LogP contribution in [0.3, 0.4) is 0 Å². The van der Waals surface area contributed by atoms with Gasteiger partial charge in [0.1, 0.15) is 0 Å². The quantitative estimate of drug-likeness (QED) is 0.632. The molecule has 0 saturated heterocycles. The van der Waals surface area contributed by atoms with E-state index in [1.54, 1.807) is 30.3 Å². The SMILES string of the molecule is O=C(O)c1ccccc1.[Ag].[CH3-].[CH3-].[CH3-]. The van der Waals surface area contributed by atoms with E-state index in [9.17, 15) is 4.79 Å². The molecule has 0 atom stereocenters. The minimum absolute atomic E-state index is 0. The second-order valence-corrected chi connectivity index (χ2v) is 1.67. The van der Waals surface area contributed by atoms with Crippen molar-refractivity contribution < 1.29 is 32.3 Å². The standard InChI is InChI=1S/C7H6O2.3CH3.Ag/c8-7(9)6-4-2-1-3-5-6;;;;/h1-5H,(H,8,9);3*1H3;/q;3*-1;. The van der Waals surface area contributed by atoms with Crippen LogP contribution in [0.5, 0.6) is 0 Å². The van der Waals surface area contributed by atoms with Crippen LogP contribution in [0.4, 0.5) is 0 Å². The molecule has 1 aromatic rings. The normalized spacial score (nSPS) is 6.15. The Morgan fingerprint density at radius 2 is 1.38 bits per heavy atom.